The van der Waals surface area contributed by atoms with Crippen LogP contribution in [0.25, 0.3) is 11.1 Å². The first kappa shape index (κ1) is 12.4. The van der Waals surface area contributed by atoms with E-state index in [2.05, 4.69) is 0 Å². The van der Waals surface area contributed by atoms with E-state index in [1.807, 2.05) is 30.3 Å². The fourth-order valence-electron chi connectivity index (χ4n) is 1.50. The van der Waals surface area contributed by atoms with Gasteiger partial charge in [-0.3, -0.25) is 0 Å². The highest BCUT2D eigenvalue weighted by Gasteiger charge is 2.15. The van der Waals surface area contributed by atoms with Crippen molar-refractivity contribution < 1.29 is 8.42 Å². The van der Waals surface area contributed by atoms with E-state index < -0.39 is 9.05 Å². The summed E-state index contributed by atoms with van der Waals surface area (Å²) in [5.41, 5.74) is 1.67. The molecular weight excluding hydrogens is 279 g/mol. The molecule has 5 heteroatoms. The van der Waals surface area contributed by atoms with Crippen LogP contribution >= 0.6 is 22.3 Å². The first-order chi connectivity index (χ1) is 7.98. The fraction of sp³-hybridized carbons (Fsp3) is 0. The second-order valence-electron chi connectivity index (χ2n) is 3.45. The molecule has 0 spiro atoms. The molecule has 2 rings (SSSR count). The SMILES string of the molecule is O=S(=O)(Cl)c1cc(-c2ccccc2)ccc1Cl. The fourth-order valence-corrected chi connectivity index (χ4v) is 2.99. The molecule has 0 atom stereocenters. The van der Waals surface area contributed by atoms with Gasteiger partial charge in [0.25, 0.3) is 9.05 Å². The monoisotopic (exact) mass is 286 g/mol. The van der Waals surface area contributed by atoms with Crippen molar-refractivity contribution in [1.82, 2.24) is 0 Å². The van der Waals surface area contributed by atoms with Gasteiger partial charge in [0, 0.05) is 10.7 Å². The summed E-state index contributed by atoms with van der Waals surface area (Å²) >= 11 is 5.80. The molecule has 0 N–H and O–H groups in total. The highest BCUT2D eigenvalue weighted by atomic mass is 35.7. The Labute approximate surface area is 109 Å². The number of hydrogen-bond donors (Lipinski definition) is 0. The van der Waals surface area contributed by atoms with E-state index in [1.54, 1.807) is 6.07 Å². The van der Waals surface area contributed by atoms with Crippen molar-refractivity contribution in [3.05, 3.63) is 53.6 Å². The lowest BCUT2D eigenvalue weighted by Gasteiger charge is -2.05. The number of benzene rings is 2. The zero-order chi connectivity index (χ0) is 12.5. The Morgan fingerprint density at radius 3 is 2.12 bits per heavy atom. The van der Waals surface area contributed by atoms with Crippen LogP contribution in [-0.4, -0.2) is 8.42 Å². The summed E-state index contributed by atoms with van der Waals surface area (Å²) in [5.74, 6) is 0. The Bertz CT molecular complexity index is 637. The molecule has 0 saturated carbocycles. The summed E-state index contributed by atoms with van der Waals surface area (Å²) in [6, 6.07) is 14.2. The van der Waals surface area contributed by atoms with Crippen molar-refractivity contribution in [1.29, 1.82) is 0 Å². The summed E-state index contributed by atoms with van der Waals surface area (Å²) in [5, 5.41) is 0.125. The Hall–Kier alpha value is -1.03. The molecule has 0 aliphatic carbocycles. The van der Waals surface area contributed by atoms with Crippen molar-refractivity contribution in [3.8, 4) is 11.1 Å². The maximum Gasteiger partial charge on any atom is 0.262 e. The van der Waals surface area contributed by atoms with Gasteiger partial charge < -0.3 is 0 Å². The van der Waals surface area contributed by atoms with E-state index in [-0.39, 0.29) is 9.92 Å². The Kier molecular flexibility index (Phi) is 3.43. The highest BCUT2D eigenvalue weighted by molar-refractivity contribution is 8.13. The lowest BCUT2D eigenvalue weighted by Crippen LogP contribution is -1.92. The van der Waals surface area contributed by atoms with E-state index in [1.165, 1.54) is 12.1 Å². The predicted octanol–water partition coefficient (Wildman–Crippen LogP) is 3.93. The van der Waals surface area contributed by atoms with Crippen molar-refractivity contribution in [2.45, 2.75) is 4.90 Å². The minimum absolute atomic E-state index is 0.0674. The van der Waals surface area contributed by atoms with E-state index in [9.17, 15) is 8.42 Å². The van der Waals surface area contributed by atoms with Crippen LogP contribution < -0.4 is 0 Å². The van der Waals surface area contributed by atoms with Gasteiger partial charge >= 0.3 is 0 Å². The number of halogens is 2. The Balaban J connectivity index is 2.61. The molecule has 0 aromatic heterocycles. The molecule has 0 aliphatic rings. The quantitative estimate of drug-likeness (QED) is 0.784. The molecule has 0 aliphatic heterocycles. The molecule has 2 aromatic rings. The van der Waals surface area contributed by atoms with Crippen molar-refractivity contribution in [2.24, 2.45) is 0 Å². The molecule has 0 heterocycles. The van der Waals surface area contributed by atoms with Gasteiger partial charge in [0.15, 0.2) is 0 Å². The minimum atomic E-state index is -3.82. The molecule has 2 aromatic carbocycles. The topological polar surface area (TPSA) is 34.1 Å². The van der Waals surface area contributed by atoms with Gasteiger partial charge in [0.2, 0.25) is 0 Å². The van der Waals surface area contributed by atoms with Crippen LogP contribution in [-0.2, 0) is 9.05 Å². The predicted molar refractivity (Wildman–Crippen MR) is 69.9 cm³/mol. The van der Waals surface area contributed by atoms with Gasteiger partial charge in [0.05, 0.1) is 5.02 Å². The van der Waals surface area contributed by atoms with Gasteiger partial charge in [-0.25, -0.2) is 8.42 Å². The van der Waals surface area contributed by atoms with Crippen LogP contribution in [0, 0.1) is 0 Å². The molecule has 0 saturated heterocycles. The average Bonchev–Trinajstić information content (AvgIpc) is 2.29. The molecule has 0 bridgehead atoms. The number of hydrogen-bond acceptors (Lipinski definition) is 2. The maximum absolute atomic E-state index is 11.3. The van der Waals surface area contributed by atoms with E-state index in [0.717, 1.165) is 11.1 Å². The molecule has 0 amide bonds. The largest absolute Gasteiger partial charge is 0.262 e. The van der Waals surface area contributed by atoms with Gasteiger partial charge in [-0.1, -0.05) is 48.0 Å². The summed E-state index contributed by atoms with van der Waals surface area (Å²) in [7, 11) is 1.49. The Morgan fingerprint density at radius 2 is 1.53 bits per heavy atom. The van der Waals surface area contributed by atoms with Crippen LogP contribution in [0.15, 0.2) is 53.4 Å². The van der Waals surface area contributed by atoms with Gasteiger partial charge in [0.1, 0.15) is 4.90 Å². The lowest BCUT2D eigenvalue weighted by molar-refractivity contribution is 0.609. The first-order valence-corrected chi connectivity index (χ1v) is 7.47. The average molecular weight is 287 g/mol. The normalized spacial score (nSPS) is 11.4. The van der Waals surface area contributed by atoms with Gasteiger partial charge in [-0.05, 0) is 23.3 Å². The van der Waals surface area contributed by atoms with E-state index >= 15 is 0 Å². The van der Waals surface area contributed by atoms with Crippen LogP contribution in [0.4, 0.5) is 0 Å². The molecule has 2 nitrogen and oxygen atoms in total. The van der Waals surface area contributed by atoms with Crippen molar-refractivity contribution in [2.75, 3.05) is 0 Å². The van der Waals surface area contributed by atoms with Crippen LogP contribution in [0.5, 0.6) is 0 Å². The smallest absolute Gasteiger partial charge is 0.207 e. The van der Waals surface area contributed by atoms with Crippen molar-refractivity contribution in [3.63, 3.8) is 0 Å². The van der Waals surface area contributed by atoms with Crippen LogP contribution in [0.1, 0.15) is 0 Å². The Morgan fingerprint density at radius 1 is 0.882 bits per heavy atom. The van der Waals surface area contributed by atoms with E-state index in [4.69, 9.17) is 22.3 Å². The molecule has 0 radical (unpaired) electrons. The third-order valence-electron chi connectivity index (χ3n) is 2.30. The molecular formula is C12H8Cl2O2S. The molecule has 17 heavy (non-hydrogen) atoms. The lowest BCUT2D eigenvalue weighted by atomic mass is 10.1. The molecule has 88 valence electrons. The van der Waals surface area contributed by atoms with E-state index in [0.29, 0.717) is 0 Å². The highest BCUT2D eigenvalue weighted by Crippen LogP contribution is 2.30. The summed E-state index contributed by atoms with van der Waals surface area (Å²) in [6.07, 6.45) is 0. The van der Waals surface area contributed by atoms with Crippen LogP contribution in [0.2, 0.25) is 5.02 Å². The summed E-state index contributed by atoms with van der Waals surface area (Å²) in [6.45, 7) is 0. The zero-order valence-corrected chi connectivity index (χ0v) is 10.9. The zero-order valence-electron chi connectivity index (χ0n) is 8.60. The van der Waals surface area contributed by atoms with Gasteiger partial charge in [-0.15, -0.1) is 0 Å². The summed E-state index contributed by atoms with van der Waals surface area (Å²) < 4.78 is 22.6. The summed E-state index contributed by atoms with van der Waals surface area (Å²) in [4.78, 5) is -0.0674. The first-order valence-electron chi connectivity index (χ1n) is 4.78. The minimum Gasteiger partial charge on any atom is -0.207 e. The molecule has 0 fully saturated rings. The second kappa shape index (κ2) is 4.69. The number of rotatable bonds is 2. The third kappa shape index (κ3) is 2.80. The van der Waals surface area contributed by atoms with Gasteiger partial charge in [-0.2, -0.15) is 0 Å². The second-order valence-corrected chi connectivity index (χ2v) is 6.39. The maximum atomic E-state index is 11.3. The van der Waals surface area contributed by atoms with Crippen molar-refractivity contribution >= 4 is 31.3 Å². The van der Waals surface area contributed by atoms with Crippen LogP contribution in [0.3, 0.4) is 0 Å². The third-order valence-corrected chi connectivity index (χ3v) is 4.10. The standard InChI is InChI=1S/C12H8Cl2O2S/c13-11-7-6-10(8-12(11)17(14,15)16)9-4-2-1-3-5-9/h1-8H. The molecule has 0 unspecified atom stereocenters.